The molecule has 2 rings (SSSR count). The second-order valence-corrected chi connectivity index (χ2v) is 6.50. The molecule has 1 fully saturated rings. The highest BCUT2D eigenvalue weighted by atomic mass is 32.2. The van der Waals surface area contributed by atoms with Gasteiger partial charge in [0.15, 0.2) is 9.84 Å². The lowest BCUT2D eigenvalue weighted by molar-refractivity contribution is 0.188. The van der Waals surface area contributed by atoms with Gasteiger partial charge in [-0.25, -0.2) is 8.42 Å². The van der Waals surface area contributed by atoms with Crippen molar-refractivity contribution in [2.75, 3.05) is 26.1 Å². The first kappa shape index (κ1) is 13.3. The summed E-state index contributed by atoms with van der Waals surface area (Å²) in [7, 11) is -1.90. The van der Waals surface area contributed by atoms with Crippen LogP contribution in [0.25, 0.3) is 0 Å². The van der Waals surface area contributed by atoms with Crippen LogP contribution in [0.15, 0.2) is 17.3 Å². The number of sulfone groups is 1. The van der Waals surface area contributed by atoms with Crippen LogP contribution in [-0.4, -0.2) is 39.5 Å². The highest BCUT2D eigenvalue weighted by Crippen LogP contribution is 2.29. The SMILES string of the molecule is COc1c(C)cncc1S(=O)(=O)CC1CCOC1. The molecule has 1 aliphatic rings. The Labute approximate surface area is 107 Å². The minimum atomic E-state index is -3.38. The Bertz CT molecular complexity index is 521. The monoisotopic (exact) mass is 271 g/mol. The zero-order chi connectivity index (χ0) is 13.2. The van der Waals surface area contributed by atoms with Gasteiger partial charge in [0.2, 0.25) is 0 Å². The van der Waals surface area contributed by atoms with Crippen molar-refractivity contribution in [2.45, 2.75) is 18.2 Å². The molecule has 18 heavy (non-hydrogen) atoms. The zero-order valence-electron chi connectivity index (χ0n) is 10.5. The number of methoxy groups -OCH3 is 1. The van der Waals surface area contributed by atoms with E-state index in [9.17, 15) is 8.42 Å². The first-order valence-electron chi connectivity index (χ1n) is 5.83. The number of nitrogens with zero attached hydrogens (tertiary/aromatic N) is 1. The van der Waals surface area contributed by atoms with E-state index in [4.69, 9.17) is 9.47 Å². The van der Waals surface area contributed by atoms with Crippen LogP contribution in [0.5, 0.6) is 5.75 Å². The topological polar surface area (TPSA) is 65.5 Å². The van der Waals surface area contributed by atoms with Crippen LogP contribution < -0.4 is 4.74 Å². The molecular formula is C12H17NO4S. The summed E-state index contributed by atoms with van der Waals surface area (Å²) in [6, 6.07) is 0. The van der Waals surface area contributed by atoms with E-state index in [1.165, 1.54) is 13.3 Å². The van der Waals surface area contributed by atoms with Crippen molar-refractivity contribution >= 4 is 9.84 Å². The second-order valence-electron chi connectivity index (χ2n) is 4.50. The molecule has 1 aromatic rings. The first-order chi connectivity index (χ1) is 8.54. The van der Waals surface area contributed by atoms with E-state index in [-0.39, 0.29) is 16.6 Å². The van der Waals surface area contributed by atoms with Gasteiger partial charge >= 0.3 is 0 Å². The maximum absolute atomic E-state index is 12.3. The number of rotatable bonds is 4. The Morgan fingerprint density at radius 2 is 2.28 bits per heavy atom. The van der Waals surface area contributed by atoms with Gasteiger partial charge in [0, 0.05) is 24.6 Å². The molecule has 0 bridgehead atoms. The highest BCUT2D eigenvalue weighted by molar-refractivity contribution is 7.91. The Kier molecular flexibility index (Phi) is 3.87. The Morgan fingerprint density at radius 1 is 1.50 bits per heavy atom. The van der Waals surface area contributed by atoms with E-state index in [2.05, 4.69) is 4.98 Å². The third-order valence-electron chi connectivity index (χ3n) is 3.06. The molecule has 100 valence electrons. The van der Waals surface area contributed by atoms with Gasteiger partial charge in [-0.2, -0.15) is 0 Å². The second kappa shape index (κ2) is 5.24. The summed E-state index contributed by atoms with van der Waals surface area (Å²) >= 11 is 0. The maximum atomic E-state index is 12.3. The number of ether oxygens (including phenoxy) is 2. The lowest BCUT2D eigenvalue weighted by atomic mass is 10.2. The number of aromatic nitrogens is 1. The van der Waals surface area contributed by atoms with E-state index in [1.54, 1.807) is 13.1 Å². The predicted molar refractivity (Wildman–Crippen MR) is 66.5 cm³/mol. The van der Waals surface area contributed by atoms with Crippen molar-refractivity contribution in [3.8, 4) is 5.75 Å². The van der Waals surface area contributed by atoms with Crippen LogP contribution >= 0.6 is 0 Å². The summed E-state index contributed by atoms with van der Waals surface area (Å²) in [5.74, 6) is 0.554. The average molecular weight is 271 g/mol. The van der Waals surface area contributed by atoms with E-state index in [1.807, 2.05) is 0 Å². The van der Waals surface area contributed by atoms with Crippen molar-refractivity contribution in [3.63, 3.8) is 0 Å². The zero-order valence-corrected chi connectivity index (χ0v) is 11.4. The van der Waals surface area contributed by atoms with Gasteiger partial charge < -0.3 is 9.47 Å². The fourth-order valence-corrected chi connectivity index (χ4v) is 3.94. The van der Waals surface area contributed by atoms with Crippen LogP contribution in [0.3, 0.4) is 0 Å². The molecule has 0 aromatic carbocycles. The van der Waals surface area contributed by atoms with E-state index < -0.39 is 9.84 Å². The molecule has 0 radical (unpaired) electrons. The smallest absolute Gasteiger partial charge is 0.183 e. The van der Waals surface area contributed by atoms with Crippen LogP contribution in [0.1, 0.15) is 12.0 Å². The third-order valence-corrected chi connectivity index (χ3v) is 4.93. The van der Waals surface area contributed by atoms with Crippen molar-refractivity contribution < 1.29 is 17.9 Å². The molecule has 0 N–H and O–H groups in total. The third kappa shape index (κ3) is 2.64. The van der Waals surface area contributed by atoms with E-state index in [0.29, 0.717) is 19.0 Å². The van der Waals surface area contributed by atoms with Gasteiger partial charge in [0.1, 0.15) is 10.6 Å². The van der Waals surface area contributed by atoms with Gasteiger partial charge in [-0.3, -0.25) is 4.98 Å². The summed E-state index contributed by atoms with van der Waals surface area (Å²) < 4.78 is 35.1. The number of pyridine rings is 1. The van der Waals surface area contributed by atoms with Gasteiger partial charge in [-0.05, 0) is 19.3 Å². The molecule has 0 saturated carbocycles. The van der Waals surface area contributed by atoms with Gasteiger partial charge in [0.05, 0.1) is 19.5 Å². The highest BCUT2D eigenvalue weighted by Gasteiger charge is 2.27. The molecule has 2 heterocycles. The summed E-state index contributed by atoms with van der Waals surface area (Å²) in [6.07, 6.45) is 3.74. The van der Waals surface area contributed by atoms with Crippen LogP contribution in [-0.2, 0) is 14.6 Å². The molecule has 1 unspecified atom stereocenters. The minimum Gasteiger partial charge on any atom is -0.495 e. The summed E-state index contributed by atoms with van der Waals surface area (Å²) in [4.78, 5) is 4.12. The summed E-state index contributed by atoms with van der Waals surface area (Å²) in [5, 5.41) is 0. The Hall–Kier alpha value is -1.14. The summed E-state index contributed by atoms with van der Waals surface area (Å²) in [6.45, 7) is 2.94. The van der Waals surface area contributed by atoms with Gasteiger partial charge in [-0.15, -0.1) is 0 Å². The van der Waals surface area contributed by atoms with Crippen molar-refractivity contribution in [1.82, 2.24) is 4.98 Å². The van der Waals surface area contributed by atoms with Gasteiger partial charge in [0.25, 0.3) is 0 Å². The van der Waals surface area contributed by atoms with Crippen LogP contribution in [0, 0.1) is 12.8 Å². The molecule has 0 aliphatic carbocycles. The number of aryl methyl sites for hydroxylation is 1. The number of hydrogen-bond acceptors (Lipinski definition) is 5. The fraction of sp³-hybridized carbons (Fsp3) is 0.583. The predicted octanol–water partition coefficient (Wildman–Crippen LogP) is 1.21. The van der Waals surface area contributed by atoms with E-state index in [0.717, 1.165) is 12.0 Å². The molecule has 1 atom stereocenters. The molecule has 0 spiro atoms. The largest absolute Gasteiger partial charge is 0.495 e. The molecule has 5 nitrogen and oxygen atoms in total. The molecule has 1 saturated heterocycles. The summed E-state index contributed by atoms with van der Waals surface area (Å²) in [5.41, 5.74) is 0.723. The maximum Gasteiger partial charge on any atom is 0.183 e. The van der Waals surface area contributed by atoms with Gasteiger partial charge in [-0.1, -0.05) is 0 Å². The Balaban J connectivity index is 2.31. The number of hydrogen-bond donors (Lipinski definition) is 0. The van der Waals surface area contributed by atoms with E-state index >= 15 is 0 Å². The van der Waals surface area contributed by atoms with Crippen LogP contribution in [0.2, 0.25) is 0 Å². The fourth-order valence-electron chi connectivity index (χ4n) is 2.13. The van der Waals surface area contributed by atoms with Crippen LogP contribution in [0.4, 0.5) is 0 Å². The molecule has 0 amide bonds. The molecule has 1 aliphatic heterocycles. The normalized spacial score (nSPS) is 20.0. The van der Waals surface area contributed by atoms with Crippen molar-refractivity contribution in [3.05, 3.63) is 18.0 Å². The molecule has 6 heteroatoms. The molecule has 1 aromatic heterocycles. The quantitative estimate of drug-likeness (QED) is 0.823. The lowest BCUT2D eigenvalue weighted by Crippen LogP contribution is -2.17. The lowest BCUT2D eigenvalue weighted by Gasteiger charge is -2.13. The Morgan fingerprint density at radius 3 is 2.89 bits per heavy atom. The average Bonchev–Trinajstić information content (AvgIpc) is 2.80. The minimum absolute atomic E-state index is 0.0696. The van der Waals surface area contributed by atoms with Crippen molar-refractivity contribution in [1.29, 1.82) is 0 Å². The molecular weight excluding hydrogens is 254 g/mol. The van der Waals surface area contributed by atoms with Crippen molar-refractivity contribution in [2.24, 2.45) is 5.92 Å². The standard InChI is InChI=1S/C12H17NO4S/c1-9-5-13-6-11(12(9)16-2)18(14,15)8-10-3-4-17-7-10/h5-6,10H,3-4,7-8H2,1-2H3. The first-order valence-corrected chi connectivity index (χ1v) is 7.49.